The summed E-state index contributed by atoms with van der Waals surface area (Å²) in [6.45, 7) is 9.31. The third-order valence-electron chi connectivity index (χ3n) is 7.42. The van der Waals surface area contributed by atoms with Gasteiger partial charge < -0.3 is 9.80 Å². The summed E-state index contributed by atoms with van der Waals surface area (Å²) in [7, 11) is 0. The highest BCUT2D eigenvalue weighted by Crippen LogP contribution is 2.22. The van der Waals surface area contributed by atoms with Crippen LogP contribution in [0.4, 0.5) is 0 Å². The number of rotatable bonds is 24. The van der Waals surface area contributed by atoms with Crippen molar-refractivity contribution in [3.63, 3.8) is 0 Å². The zero-order valence-electron chi connectivity index (χ0n) is 22.6. The van der Waals surface area contributed by atoms with E-state index in [2.05, 4.69) is 43.0 Å². The largest absolute Gasteiger partial charge is 0.356 e. The average molecular weight is 449 g/mol. The monoisotopic (exact) mass is 448 g/mol. The van der Waals surface area contributed by atoms with E-state index in [0.717, 1.165) is 6.54 Å². The molecular weight excluding hydrogens is 388 g/mol. The highest BCUT2D eigenvalue weighted by atomic mass is 15.4. The Hall–Kier alpha value is -0.660. The molecule has 1 atom stereocenters. The van der Waals surface area contributed by atoms with Gasteiger partial charge in [0.25, 0.3) is 0 Å². The lowest BCUT2D eigenvalue weighted by Gasteiger charge is -2.32. The van der Waals surface area contributed by atoms with Crippen molar-refractivity contribution in [3.8, 4) is 0 Å². The van der Waals surface area contributed by atoms with E-state index in [-0.39, 0.29) is 0 Å². The van der Waals surface area contributed by atoms with E-state index in [4.69, 9.17) is 0 Å². The predicted molar refractivity (Wildman–Crippen MR) is 145 cm³/mol. The van der Waals surface area contributed by atoms with Gasteiger partial charge in [0.05, 0.1) is 0 Å². The molecule has 2 heteroatoms. The van der Waals surface area contributed by atoms with E-state index < -0.39 is 0 Å². The first-order valence-electron chi connectivity index (χ1n) is 15.0. The van der Waals surface area contributed by atoms with Crippen LogP contribution in [-0.2, 0) is 0 Å². The van der Waals surface area contributed by atoms with Crippen LogP contribution in [-0.4, -0.2) is 29.1 Å². The van der Waals surface area contributed by atoms with Gasteiger partial charge in [-0.3, -0.25) is 0 Å². The van der Waals surface area contributed by atoms with Gasteiger partial charge in [0.2, 0.25) is 0 Å². The van der Waals surface area contributed by atoms with E-state index in [1.54, 1.807) is 0 Å². The third kappa shape index (κ3) is 15.2. The van der Waals surface area contributed by atoms with Gasteiger partial charge in [-0.2, -0.15) is 0 Å². The second kappa shape index (κ2) is 22.1. The van der Waals surface area contributed by atoms with E-state index in [0.29, 0.717) is 6.17 Å². The molecule has 0 aromatic rings. The molecule has 0 aliphatic carbocycles. The first-order valence-corrected chi connectivity index (χ1v) is 15.0. The van der Waals surface area contributed by atoms with Crippen LogP contribution < -0.4 is 0 Å². The maximum Gasteiger partial charge on any atom is 0.101 e. The molecule has 1 aliphatic heterocycles. The lowest BCUT2D eigenvalue weighted by molar-refractivity contribution is 0.142. The summed E-state index contributed by atoms with van der Waals surface area (Å²) in [6, 6.07) is 0. The number of unbranched alkanes of at least 4 members (excludes halogenated alkanes) is 19. The molecule has 0 radical (unpaired) electrons. The molecule has 0 saturated carbocycles. The zero-order valence-corrected chi connectivity index (χ0v) is 22.6. The Balaban J connectivity index is 1.97. The predicted octanol–water partition coefficient (Wildman–Crippen LogP) is 10.0. The molecule has 0 fully saturated rings. The van der Waals surface area contributed by atoms with Gasteiger partial charge in [-0.25, -0.2) is 0 Å². The van der Waals surface area contributed by atoms with Gasteiger partial charge in [0.15, 0.2) is 0 Å². The first kappa shape index (κ1) is 29.4. The molecule has 1 aliphatic rings. The number of hydrogen-bond acceptors (Lipinski definition) is 2. The highest BCUT2D eigenvalue weighted by Gasteiger charge is 2.23. The smallest absolute Gasteiger partial charge is 0.101 e. The molecule has 0 amide bonds. The molecule has 0 bridgehead atoms. The molecule has 0 spiro atoms. The average Bonchev–Trinajstić information content (AvgIpc) is 3.20. The molecule has 190 valence electrons. The van der Waals surface area contributed by atoms with Crippen LogP contribution in [0.15, 0.2) is 12.4 Å². The molecule has 32 heavy (non-hydrogen) atoms. The highest BCUT2D eigenvalue weighted by molar-refractivity contribution is 4.96. The zero-order chi connectivity index (χ0) is 23.1. The van der Waals surface area contributed by atoms with Gasteiger partial charge in [-0.1, -0.05) is 136 Å². The molecule has 0 aromatic carbocycles. The van der Waals surface area contributed by atoms with Crippen LogP contribution in [0.25, 0.3) is 0 Å². The van der Waals surface area contributed by atoms with Crippen LogP contribution in [0.5, 0.6) is 0 Å². The fourth-order valence-corrected chi connectivity index (χ4v) is 5.20. The van der Waals surface area contributed by atoms with E-state index in [1.807, 2.05) is 0 Å². The van der Waals surface area contributed by atoms with E-state index in [9.17, 15) is 0 Å². The Labute approximate surface area is 203 Å². The minimum atomic E-state index is 0.637. The van der Waals surface area contributed by atoms with Crippen LogP contribution in [0, 0.1) is 0 Å². The van der Waals surface area contributed by atoms with Crippen molar-refractivity contribution >= 4 is 0 Å². The molecule has 0 aromatic heterocycles. The summed E-state index contributed by atoms with van der Waals surface area (Å²) in [5.74, 6) is 0. The van der Waals surface area contributed by atoms with Gasteiger partial charge in [-0.15, -0.1) is 0 Å². The summed E-state index contributed by atoms with van der Waals surface area (Å²) in [6.07, 6.45) is 36.8. The van der Waals surface area contributed by atoms with Crippen molar-refractivity contribution in [1.29, 1.82) is 0 Å². The van der Waals surface area contributed by atoms with Crippen LogP contribution >= 0.6 is 0 Å². The third-order valence-corrected chi connectivity index (χ3v) is 7.42. The quantitative estimate of drug-likeness (QED) is 0.135. The Morgan fingerprint density at radius 1 is 0.438 bits per heavy atom. The lowest BCUT2D eigenvalue weighted by atomic mass is 10.0. The standard InChI is InChI=1S/C30H60N2/c1-4-7-9-11-13-14-15-16-17-18-19-21-23-25-27-32-29-28-31(6-3)30(32)26-24-22-20-12-10-8-5-2/h28-30H,4-27H2,1-3H3. The number of hydrogen-bond donors (Lipinski definition) is 0. The molecule has 1 unspecified atom stereocenters. The molecule has 2 nitrogen and oxygen atoms in total. The molecule has 1 rings (SSSR count). The minimum Gasteiger partial charge on any atom is -0.356 e. The Kier molecular flexibility index (Phi) is 20.3. The fourth-order valence-electron chi connectivity index (χ4n) is 5.20. The van der Waals surface area contributed by atoms with Crippen molar-refractivity contribution in [2.75, 3.05) is 13.1 Å². The van der Waals surface area contributed by atoms with Gasteiger partial charge >= 0.3 is 0 Å². The Bertz CT molecular complexity index is 406. The molecule has 0 saturated heterocycles. The van der Waals surface area contributed by atoms with Crippen molar-refractivity contribution < 1.29 is 0 Å². The van der Waals surface area contributed by atoms with Crippen molar-refractivity contribution in [2.24, 2.45) is 0 Å². The lowest BCUT2D eigenvalue weighted by Crippen LogP contribution is -2.38. The summed E-state index contributed by atoms with van der Waals surface area (Å²) >= 11 is 0. The van der Waals surface area contributed by atoms with Crippen molar-refractivity contribution in [2.45, 2.75) is 168 Å². The normalized spacial score (nSPS) is 15.9. The van der Waals surface area contributed by atoms with Gasteiger partial charge in [0, 0.05) is 25.5 Å². The topological polar surface area (TPSA) is 6.48 Å². The molecular formula is C30H60N2. The summed E-state index contributed by atoms with van der Waals surface area (Å²) in [4.78, 5) is 5.20. The van der Waals surface area contributed by atoms with E-state index in [1.165, 1.54) is 148 Å². The maximum atomic E-state index is 2.64. The summed E-state index contributed by atoms with van der Waals surface area (Å²) < 4.78 is 0. The summed E-state index contributed by atoms with van der Waals surface area (Å²) in [5, 5.41) is 0. The van der Waals surface area contributed by atoms with E-state index >= 15 is 0 Å². The van der Waals surface area contributed by atoms with Crippen LogP contribution in [0.2, 0.25) is 0 Å². The molecule has 0 N–H and O–H groups in total. The summed E-state index contributed by atoms with van der Waals surface area (Å²) in [5.41, 5.74) is 0. The molecule has 1 heterocycles. The Morgan fingerprint density at radius 3 is 1.25 bits per heavy atom. The van der Waals surface area contributed by atoms with Crippen LogP contribution in [0.3, 0.4) is 0 Å². The maximum absolute atomic E-state index is 2.64. The first-order chi connectivity index (χ1) is 15.8. The van der Waals surface area contributed by atoms with Crippen molar-refractivity contribution in [1.82, 2.24) is 9.80 Å². The van der Waals surface area contributed by atoms with Gasteiger partial charge in [-0.05, 0) is 26.2 Å². The SMILES string of the molecule is CCCCCCCCCCCCCCCCN1C=CN(CC)C1CCCCCCCCC. The second-order valence-corrected chi connectivity index (χ2v) is 10.4. The van der Waals surface area contributed by atoms with Crippen molar-refractivity contribution in [3.05, 3.63) is 12.4 Å². The van der Waals surface area contributed by atoms with Gasteiger partial charge in [0.1, 0.15) is 6.17 Å². The number of nitrogens with zero attached hydrogens (tertiary/aromatic N) is 2. The van der Waals surface area contributed by atoms with Crippen LogP contribution in [0.1, 0.15) is 162 Å². The Morgan fingerprint density at radius 2 is 0.812 bits per heavy atom. The fraction of sp³-hybridized carbons (Fsp3) is 0.933. The second-order valence-electron chi connectivity index (χ2n) is 10.4. The minimum absolute atomic E-state index is 0.637.